The van der Waals surface area contributed by atoms with Gasteiger partial charge in [-0.3, -0.25) is 14.8 Å². The van der Waals surface area contributed by atoms with Crippen molar-refractivity contribution in [3.8, 4) is 0 Å². The molecule has 4 amide bonds. The topological polar surface area (TPSA) is 164 Å². The van der Waals surface area contributed by atoms with Crippen LogP contribution >= 0.6 is 0 Å². The fraction of sp³-hybridized carbons (Fsp3) is 0.786. The lowest BCUT2D eigenvalue weighted by molar-refractivity contribution is -0.129. The summed E-state index contributed by atoms with van der Waals surface area (Å²) in [6.45, 7) is 10.2. The van der Waals surface area contributed by atoms with Crippen LogP contribution in [-0.2, 0) is 14.3 Å². The van der Waals surface area contributed by atoms with Crippen molar-refractivity contribution in [1.29, 1.82) is 0 Å². The van der Waals surface area contributed by atoms with E-state index in [0.717, 1.165) is 17.7 Å². The molecule has 2 N–H and O–H groups in total. The number of amides is 4. The Hall–Kier alpha value is -3.22. The van der Waals surface area contributed by atoms with Gasteiger partial charge in [0.15, 0.2) is 0 Å². The average Bonchev–Trinajstić information content (AvgIpc) is 3.33. The Bertz CT molecular complexity index is 1040. The lowest BCUT2D eigenvalue weighted by Gasteiger charge is -2.43. The molecule has 0 aromatic carbocycles. The SMILES string of the molecule is CC(C)(C)OC(=O)N(C(=O)OC(C)(C)C)C1CN(C(=O)c2noc([C@H](CCCC3CCCCC3)CC(=O)NO)n2)C1. The molecule has 2 heterocycles. The van der Waals surface area contributed by atoms with Gasteiger partial charge in [-0.15, -0.1) is 0 Å². The first kappa shape index (κ1) is 32.3. The van der Waals surface area contributed by atoms with E-state index in [1.165, 1.54) is 37.0 Å². The third-order valence-electron chi connectivity index (χ3n) is 7.12. The summed E-state index contributed by atoms with van der Waals surface area (Å²) in [6.07, 6.45) is 6.96. The highest BCUT2D eigenvalue weighted by Gasteiger charge is 2.45. The van der Waals surface area contributed by atoms with Crippen molar-refractivity contribution >= 4 is 24.0 Å². The predicted octanol–water partition coefficient (Wildman–Crippen LogP) is 4.80. The Morgan fingerprint density at radius 2 is 1.61 bits per heavy atom. The number of aromatic nitrogens is 2. The van der Waals surface area contributed by atoms with E-state index in [9.17, 15) is 19.2 Å². The molecule has 0 spiro atoms. The van der Waals surface area contributed by atoms with Gasteiger partial charge in [0.05, 0.1) is 6.04 Å². The number of hydroxylamine groups is 1. The molecule has 13 heteroatoms. The monoisotopic (exact) mass is 579 g/mol. The summed E-state index contributed by atoms with van der Waals surface area (Å²) in [5, 5.41) is 12.9. The van der Waals surface area contributed by atoms with E-state index in [1.54, 1.807) is 47.0 Å². The van der Waals surface area contributed by atoms with Gasteiger partial charge < -0.3 is 18.9 Å². The van der Waals surface area contributed by atoms with Crippen LogP contribution in [0.1, 0.15) is 122 Å². The molecule has 1 aliphatic carbocycles. The maximum Gasteiger partial charge on any atom is 0.420 e. The molecule has 1 saturated heterocycles. The first-order chi connectivity index (χ1) is 19.2. The molecule has 0 unspecified atom stereocenters. The number of hydrogen-bond acceptors (Lipinski definition) is 10. The van der Waals surface area contributed by atoms with Gasteiger partial charge >= 0.3 is 12.2 Å². The number of nitrogens with one attached hydrogen (secondary N) is 1. The molecule has 0 bridgehead atoms. The maximum atomic E-state index is 13.1. The van der Waals surface area contributed by atoms with Gasteiger partial charge in [0.1, 0.15) is 11.2 Å². The molecular formula is C28H45N5O8. The molecule has 1 aromatic rings. The number of imide groups is 1. The van der Waals surface area contributed by atoms with Crippen LogP contribution in [0.4, 0.5) is 9.59 Å². The van der Waals surface area contributed by atoms with E-state index in [0.29, 0.717) is 12.3 Å². The maximum absolute atomic E-state index is 13.1. The Morgan fingerprint density at radius 1 is 1.02 bits per heavy atom. The summed E-state index contributed by atoms with van der Waals surface area (Å²) in [7, 11) is 0. The summed E-state index contributed by atoms with van der Waals surface area (Å²) in [6, 6.07) is -0.657. The molecule has 13 nitrogen and oxygen atoms in total. The molecule has 2 aliphatic rings. The number of ether oxygens (including phenoxy) is 2. The molecule has 1 atom stereocenters. The molecule has 1 saturated carbocycles. The van der Waals surface area contributed by atoms with E-state index in [-0.39, 0.29) is 31.2 Å². The van der Waals surface area contributed by atoms with Crippen molar-refractivity contribution in [2.45, 2.75) is 122 Å². The van der Waals surface area contributed by atoms with E-state index >= 15 is 0 Å². The van der Waals surface area contributed by atoms with E-state index in [2.05, 4.69) is 10.1 Å². The van der Waals surface area contributed by atoms with Crippen molar-refractivity contribution in [3.05, 3.63) is 11.7 Å². The van der Waals surface area contributed by atoms with E-state index in [4.69, 9.17) is 19.2 Å². The molecule has 230 valence electrons. The van der Waals surface area contributed by atoms with E-state index in [1.807, 2.05) is 0 Å². The minimum absolute atomic E-state index is 0.0406. The van der Waals surface area contributed by atoms with Crippen LogP contribution in [-0.4, -0.2) is 79.5 Å². The predicted molar refractivity (Wildman–Crippen MR) is 146 cm³/mol. The van der Waals surface area contributed by atoms with Crippen molar-refractivity contribution < 1.29 is 38.4 Å². The zero-order valence-electron chi connectivity index (χ0n) is 25.1. The molecule has 2 fully saturated rings. The number of likely N-dealkylation sites (tertiary alicyclic amines) is 1. The number of rotatable bonds is 9. The van der Waals surface area contributed by atoms with Gasteiger partial charge in [-0.25, -0.2) is 20.0 Å². The quantitative estimate of drug-likeness (QED) is 0.307. The van der Waals surface area contributed by atoms with Crippen LogP contribution in [0.2, 0.25) is 0 Å². The van der Waals surface area contributed by atoms with Crippen molar-refractivity contribution in [2.24, 2.45) is 5.92 Å². The Balaban J connectivity index is 1.64. The highest BCUT2D eigenvalue weighted by Crippen LogP contribution is 2.31. The standard InChI is InChI=1S/C28H45N5O8/c1-27(2,3)39-25(36)33(26(37)40-28(4,5)6)20-16-32(17-20)24(35)22-29-23(41-31-22)19(15-21(34)30-38)14-10-13-18-11-8-7-9-12-18/h18-20,38H,7-17H2,1-6H3,(H,30,34)/t19-/m1/s1. The summed E-state index contributed by atoms with van der Waals surface area (Å²) in [5.41, 5.74) is -0.0231. The second kappa shape index (κ2) is 13.6. The molecule has 41 heavy (non-hydrogen) atoms. The first-order valence-electron chi connectivity index (χ1n) is 14.5. The minimum Gasteiger partial charge on any atom is -0.443 e. The second-order valence-electron chi connectivity index (χ2n) is 13.0. The van der Waals surface area contributed by atoms with Gasteiger partial charge in [0.2, 0.25) is 11.8 Å². The summed E-state index contributed by atoms with van der Waals surface area (Å²) >= 11 is 0. The van der Waals surface area contributed by atoms with Gasteiger partial charge in [-0.1, -0.05) is 50.1 Å². The highest BCUT2D eigenvalue weighted by molar-refractivity contribution is 5.92. The summed E-state index contributed by atoms with van der Waals surface area (Å²) in [4.78, 5) is 57.3. The molecule has 0 radical (unpaired) electrons. The third kappa shape index (κ3) is 9.68. The molecule has 1 aliphatic heterocycles. The smallest absolute Gasteiger partial charge is 0.420 e. The number of carbonyl (C=O) groups excluding carboxylic acids is 4. The van der Waals surface area contributed by atoms with Gasteiger partial charge in [0, 0.05) is 25.4 Å². The third-order valence-corrected chi connectivity index (χ3v) is 7.12. The van der Waals surface area contributed by atoms with Crippen LogP contribution in [0.5, 0.6) is 0 Å². The first-order valence-corrected chi connectivity index (χ1v) is 14.5. The fourth-order valence-corrected chi connectivity index (χ4v) is 5.12. The highest BCUT2D eigenvalue weighted by atomic mass is 16.6. The van der Waals surface area contributed by atoms with Crippen molar-refractivity contribution in [1.82, 2.24) is 25.4 Å². The number of hydrogen-bond donors (Lipinski definition) is 2. The van der Waals surface area contributed by atoms with Crippen LogP contribution in [0.3, 0.4) is 0 Å². The minimum atomic E-state index is -0.857. The Morgan fingerprint density at radius 3 is 2.15 bits per heavy atom. The summed E-state index contributed by atoms with van der Waals surface area (Å²) < 4.78 is 16.2. The Kier molecular flexibility index (Phi) is 10.7. The van der Waals surface area contributed by atoms with E-state index < -0.39 is 47.2 Å². The van der Waals surface area contributed by atoms with Crippen LogP contribution < -0.4 is 5.48 Å². The molecular weight excluding hydrogens is 534 g/mol. The van der Waals surface area contributed by atoms with Crippen LogP contribution in [0.15, 0.2) is 4.52 Å². The van der Waals surface area contributed by atoms with Gasteiger partial charge in [-0.2, -0.15) is 4.98 Å². The zero-order valence-corrected chi connectivity index (χ0v) is 25.1. The number of nitrogens with zero attached hydrogens (tertiary/aromatic N) is 4. The Labute approximate surface area is 241 Å². The normalized spacial score (nSPS) is 17.4. The number of carbonyl (C=O) groups is 4. The fourth-order valence-electron chi connectivity index (χ4n) is 5.12. The molecule has 3 rings (SSSR count). The lowest BCUT2D eigenvalue weighted by Crippen LogP contribution is -2.64. The second-order valence-corrected chi connectivity index (χ2v) is 13.0. The van der Waals surface area contributed by atoms with Crippen molar-refractivity contribution in [3.63, 3.8) is 0 Å². The average molecular weight is 580 g/mol. The van der Waals surface area contributed by atoms with Crippen LogP contribution in [0.25, 0.3) is 0 Å². The largest absolute Gasteiger partial charge is 0.443 e. The van der Waals surface area contributed by atoms with Crippen LogP contribution in [0, 0.1) is 5.92 Å². The summed E-state index contributed by atoms with van der Waals surface area (Å²) in [5.74, 6) is -0.899. The molecule has 1 aromatic heterocycles. The van der Waals surface area contributed by atoms with Gasteiger partial charge in [0.25, 0.3) is 11.7 Å². The lowest BCUT2D eigenvalue weighted by atomic mass is 9.84. The van der Waals surface area contributed by atoms with Crippen molar-refractivity contribution in [2.75, 3.05) is 13.1 Å². The zero-order chi connectivity index (χ0) is 30.4. The van der Waals surface area contributed by atoms with Gasteiger partial charge in [-0.05, 0) is 53.9 Å².